The van der Waals surface area contributed by atoms with Crippen LogP contribution >= 0.6 is 0 Å². The Bertz CT molecular complexity index is 969. The smallest absolute Gasteiger partial charge is 0.329 e. The molecular formula is C19H22N4O3. The van der Waals surface area contributed by atoms with Crippen LogP contribution in [0.1, 0.15) is 18.9 Å². The van der Waals surface area contributed by atoms with Crippen molar-refractivity contribution in [1.82, 2.24) is 14.1 Å². The highest BCUT2D eigenvalue weighted by Crippen LogP contribution is 2.26. The van der Waals surface area contributed by atoms with Crippen molar-refractivity contribution in [3.8, 4) is 5.75 Å². The molecule has 0 bridgehead atoms. The van der Waals surface area contributed by atoms with Gasteiger partial charge in [-0.25, -0.2) is 9.78 Å². The van der Waals surface area contributed by atoms with Crippen LogP contribution in [0.25, 0.3) is 11.0 Å². The van der Waals surface area contributed by atoms with Crippen molar-refractivity contribution in [2.45, 2.75) is 18.9 Å². The Morgan fingerprint density at radius 2 is 1.92 bits per heavy atom. The maximum absolute atomic E-state index is 12.8. The van der Waals surface area contributed by atoms with Crippen molar-refractivity contribution in [2.75, 3.05) is 25.6 Å². The first kappa shape index (κ1) is 16.7. The number of hydrogen-bond acceptors (Lipinski definition) is 5. The van der Waals surface area contributed by atoms with E-state index in [4.69, 9.17) is 9.47 Å². The van der Waals surface area contributed by atoms with Gasteiger partial charge in [0.05, 0.1) is 24.3 Å². The van der Waals surface area contributed by atoms with Crippen LogP contribution in [-0.4, -0.2) is 34.4 Å². The normalized spacial score (nSPS) is 15.3. The zero-order valence-corrected chi connectivity index (χ0v) is 14.9. The van der Waals surface area contributed by atoms with E-state index in [1.54, 1.807) is 24.9 Å². The highest BCUT2D eigenvalue weighted by atomic mass is 16.5. The average Bonchev–Trinajstić information content (AvgIpc) is 2.93. The zero-order chi connectivity index (χ0) is 18.1. The van der Waals surface area contributed by atoms with Crippen LogP contribution in [-0.2, 0) is 11.8 Å². The maximum atomic E-state index is 12.8. The van der Waals surface area contributed by atoms with Gasteiger partial charge < -0.3 is 14.8 Å². The lowest BCUT2D eigenvalue weighted by molar-refractivity contribution is 0.0696. The molecule has 3 aromatic rings. The van der Waals surface area contributed by atoms with Crippen LogP contribution in [0.5, 0.6) is 5.75 Å². The predicted octanol–water partition coefficient (Wildman–Crippen LogP) is 2.84. The predicted molar refractivity (Wildman–Crippen MR) is 100 cm³/mol. The van der Waals surface area contributed by atoms with E-state index in [1.165, 1.54) is 0 Å². The highest BCUT2D eigenvalue weighted by Gasteiger charge is 2.22. The van der Waals surface area contributed by atoms with Crippen molar-refractivity contribution in [3.63, 3.8) is 0 Å². The fourth-order valence-corrected chi connectivity index (χ4v) is 3.44. The van der Waals surface area contributed by atoms with Crippen molar-refractivity contribution < 1.29 is 9.47 Å². The Hall–Kier alpha value is -2.80. The number of hydrogen-bond donors (Lipinski definition) is 1. The number of imidazole rings is 1. The first-order chi connectivity index (χ1) is 12.7. The monoisotopic (exact) mass is 354 g/mol. The summed E-state index contributed by atoms with van der Waals surface area (Å²) >= 11 is 0. The van der Waals surface area contributed by atoms with Gasteiger partial charge in [0.25, 0.3) is 0 Å². The molecule has 0 amide bonds. The number of pyridine rings is 1. The number of aryl methyl sites for hydroxylation is 1. The third kappa shape index (κ3) is 2.94. The standard InChI is InChI=1S/C19H22N4O3/c1-22-17-12-20-18(21-13-3-5-15(25-2)6-4-13)11-16(17)23(19(22)24)14-7-9-26-10-8-14/h3-6,11-12,14H,7-10H2,1-2H3,(H,20,21). The summed E-state index contributed by atoms with van der Waals surface area (Å²) in [5.41, 5.74) is 2.64. The molecule has 0 unspecified atom stereocenters. The van der Waals surface area contributed by atoms with E-state index >= 15 is 0 Å². The molecule has 4 rings (SSSR count). The highest BCUT2D eigenvalue weighted by molar-refractivity contribution is 5.79. The fourth-order valence-electron chi connectivity index (χ4n) is 3.44. The van der Waals surface area contributed by atoms with Gasteiger partial charge in [-0.1, -0.05) is 0 Å². The minimum Gasteiger partial charge on any atom is -0.497 e. The molecule has 7 nitrogen and oxygen atoms in total. The molecule has 136 valence electrons. The van der Waals surface area contributed by atoms with Gasteiger partial charge in [0.1, 0.15) is 11.6 Å². The van der Waals surface area contributed by atoms with Crippen LogP contribution in [0.15, 0.2) is 41.3 Å². The Morgan fingerprint density at radius 1 is 1.19 bits per heavy atom. The average molecular weight is 354 g/mol. The lowest BCUT2D eigenvalue weighted by Gasteiger charge is -2.23. The number of nitrogens with zero attached hydrogens (tertiary/aromatic N) is 3. The van der Waals surface area contributed by atoms with Gasteiger partial charge in [0.2, 0.25) is 0 Å². The Balaban J connectivity index is 1.72. The molecule has 1 fully saturated rings. The molecule has 0 atom stereocenters. The van der Waals surface area contributed by atoms with Gasteiger partial charge in [-0.3, -0.25) is 9.13 Å². The molecule has 26 heavy (non-hydrogen) atoms. The van der Waals surface area contributed by atoms with Crippen molar-refractivity contribution in [1.29, 1.82) is 0 Å². The summed E-state index contributed by atoms with van der Waals surface area (Å²) in [6.45, 7) is 1.38. The number of benzene rings is 1. The molecular weight excluding hydrogens is 332 g/mol. The van der Waals surface area contributed by atoms with Crippen LogP contribution in [0, 0.1) is 0 Å². The summed E-state index contributed by atoms with van der Waals surface area (Å²) in [7, 11) is 3.43. The molecule has 3 heterocycles. The van der Waals surface area contributed by atoms with E-state index in [0.29, 0.717) is 19.0 Å². The van der Waals surface area contributed by atoms with Crippen molar-refractivity contribution in [3.05, 3.63) is 47.0 Å². The number of rotatable bonds is 4. The van der Waals surface area contributed by atoms with E-state index < -0.39 is 0 Å². The van der Waals surface area contributed by atoms with Crippen LogP contribution in [0.2, 0.25) is 0 Å². The van der Waals surface area contributed by atoms with E-state index in [1.807, 2.05) is 34.9 Å². The summed E-state index contributed by atoms with van der Waals surface area (Å²) < 4.78 is 14.2. The summed E-state index contributed by atoms with van der Waals surface area (Å²) in [6.07, 6.45) is 3.45. The SMILES string of the molecule is COc1ccc(Nc2cc3c(cn2)n(C)c(=O)n3C2CCOCC2)cc1. The Morgan fingerprint density at radius 3 is 2.62 bits per heavy atom. The number of nitrogens with one attached hydrogen (secondary N) is 1. The molecule has 0 spiro atoms. The quantitative estimate of drug-likeness (QED) is 0.780. The van der Waals surface area contributed by atoms with E-state index in [-0.39, 0.29) is 11.7 Å². The van der Waals surface area contributed by atoms with Crippen LogP contribution in [0.3, 0.4) is 0 Å². The minimum atomic E-state index is -0.00435. The van der Waals surface area contributed by atoms with Gasteiger partial charge in [0.15, 0.2) is 0 Å². The number of methoxy groups -OCH3 is 1. The van der Waals surface area contributed by atoms with Crippen LogP contribution < -0.4 is 15.7 Å². The first-order valence-corrected chi connectivity index (χ1v) is 8.73. The lowest BCUT2D eigenvalue weighted by Crippen LogP contribution is -2.29. The van der Waals surface area contributed by atoms with Crippen molar-refractivity contribution in [2.24, 2.45) is 7.05 Å². The molecule has 1 saturated heterocycles. The molecule has 1 aliphatic heterocycles. The van der Waals surface area contributed by atoms with Crippen LogP contribution in [0.4, 0.5) is 11.5 Å². The second kappa shape index (κ2) is 6.84. The van der Waals surface area contributed by atoms with Crippen molar-refractivity contribution >= 4 is 22.5 Å². The molecule has 2 aromatic heterocycles. The van der Waals surface area contributed by atoms with E-state index in [0.717, 1.165) is 35.3 Å². The second-order valence-corrected chi connectivity index (χ2v) is 6.47. The molecule has 0 radical (unpaired) electrons. The molecule has 0 aliphatic carbocycles. The fraction of sp³-hybridized carbons (Fsp3) is 0.368. The summed E-state index contributed by atoms with van der Waals surface area (Å²) in [6, 6.07) is 9.75. The number of anilines is 2. The first-order valence-electron chi connectivity index (χ1n) is 8.73. The zero-order valence-electron chi connectivity index (χ0n) is 14.9. The van der Waals surface area contributed by atoms with E-state index in [2.05, 4.69) is 10.3 Å². The Kier molecular flexibility index (Phi) is 4.38. The molecule has 7 heteroatoms. The van der Waals surface area contributed by atoms with Gasteiger partial charge in [-0.15, -0.1) is 0 Å². The second-order valence-electron chi connectivity index (χ2n) is 6.47. The summed E-state index contributed by atoms with van der Waals surface area (Å²) in [4.78, 5) is 17.2. The third-order valence-corrected chi connectivity index (χ3v) is 4.89. The molecule has 1 aromatic carbocycles. The molecule has 1 aliphatic rings. The molecule has 0 saturated carbocycles. The number of aromatic nitrogens is 3. The number of fused-ring (bicyclic) bond motifs is 1. The maximum Gasteiger partial charge on any atom is 0.329 e. The third-order valence-electron chi connectivity index (χ3n) is 4.89. The van der Waals surface area contributed by atoms with Gasteiger partial charge in [-0.2, -0.15) is 0 Å². The lowest BCUT2D eigenvalue weighted by atomic mass is 10.1. The van der Waals surface area contributed by atoms with Gasteiger partial charge in [-0.05, 0) is 37.1 Å². The van der Waals surface area contributed by atoms with E-state index in [9.17, 15) is 4.79 Å². The molecule has 1 N–H and O–H groups in total. The van der Waals surface area contributed by atoms with Gasteiger partial charge in [0, 0.05) is 38.1 Å². The summed E-state index contributed by atoms with van der Waals surface area (Å²) in [5.74, 6) is 1.50. The number of ether oxygens (including phenoxy) is 2. The topological polar surface area (TPSA) is 70.3 Å². The largest absolute Gasteiger partial charge is 0.497 e. The minimum absolute atomic E-state index is 0.00435. The Labute approximate surface area is 151 Å². The summed E-state index contributed by atoms with van der Waals surface area (Å²) in [5, 5.41) is 3.29. The van der Waals surface area contributed by atoms with Gasteiger partial charge >= 0.3 is 5.69 Å².